The number of hydrogen-bond acceptors (Lipinski definition) is 3. The fourth-order valence-corrected chi connectivity index (χ4v) is 3.45. The summed E-state index contributed by atoms with van der Waals surface area (Å²) in [4.78, 5) is 3.94. The Hall–Kier alpha value is -0.620. The lowest BCUT2D eigenvalue weighted by atomic mass is 10.1. The summed E-state index contributed by atoms with van der Waals surface area (Å²) in [5, 5.41) is 0.613. The van der Waals surface area contributed by atoms with Crippen LogP contribution in [0.25, 0.3) is 0 Å². The van der Waals surface area contributed by atoms with Crippen molar-refractivity contribution < 1.29 is 13.2 Å². The van der Waals surface area contributed by atoms with E-state index in [0.29, 0.717) is 10.9 Å². The van der Waals surface area contributed by atoms with E-state index in [1.54, 1.807) is 0 Å². The third-order valence-electron chi connectivity index (χ3n) is 3.21. The lowest BCUT2D eigenvalue weighted by Crippen LogP contribution is -2.10. The third kappa shape index (κ3) is 2.63. The van der Waals surface area contributed by atoms with Crippen molar-refractivity contribution in [3.05, 3.63) is 15.6 Å². The maximum absolute atomic E-state index is 12.7. The van der Waals surface area contributed by atoms with Crippen molar-refractivity contribution in [3.8, 4) is 0 Å². The van der Waals surface area contributed by atoms with Crippen LogP contribution >= 0.6 is 11.3 Å². The van der Waals surface area contributed by atoms with Gasteiger partial charge >= 0.3 is 6.18 Å². The van der Waals surface area contributed by atoms with Gasteiger partial charge in [-0.05, 0) is 18.8 Å². The molecule has 0 aliphatic heterocycles. The van der Waals surface area contributed by atoms with Crippen molar-refractivity contribution in [2.24, 2.45) is 11.7 Å². The van der Waals surface area contributed by atoms with E-state index in [0.717, 1.165) is 30.6 Å². The predicted octanol–water partition coefficient (Wildman–Crippen LogP) is 3.52. The molecule has 0 radical (unpaired) electrons. The van der Waals surface area contributed by atoms with E-state index in [4.69, 9.17) is 5.73 Å². The minimum atomic E-state index is -4.38. The summed E-state index contributed by atoms with van der Waals surface area (Å²) in [6, 6.07) is 0. The van der Waals surface area contributed by atoms with Crippen LogP contribution in [0.2, 0.25) is 0 Å². The number of nitrogens with zero attached hydrogens (tertiary/aromatic N) is 1. The monoisotopic (exact) mass is 264 g/mol. The molecule has 1 heterocycles. The van der Waals surface area contributed by atoms with Gasteiger partial charge in [-0.25, -0.2) is 4.98 Å². The molecule has 0 bridgehead atoms. The van der Waals surface area contributed by atoms with Crippen LogP contribution in [0.4, 0.5) is 13.2 Å². The lowest BCUT2D eigenvalue weighted by Gasteiger charge is -2.05. The van der Waals surface area contributed by atoms with E-state index in [-0.39, 0.29) is 17.3 Å². The Morgan fingerprint density at radius 1 is 1.41 bits per heavy atom. The maximum Gasteiger partial charge on any atom is 0.434 e. The molecule has 17 heavy (non-hydrogen) atoms. The van der Waals surface area contributed by atoms with Crippen LogP contribution in [0.3, 0.4) is 0 Å². The standard InChI is InChI=1S/C11H15F3N2S/c1-6-2-3-7(4-6)10-16-9(11(12,13)14)8(5-15)17-10/h6-7H,2-5,15H2,1H3. The zero-order chi connectivity index (χ0) is 12.6. The van der Waals surface area contributed by atoms with Gasteiger partial charge < -0.3 is 5.73 Å². The topological polar surface area (TPSA) is 38.9 Å². The van der Waals surface area contributed by atoms with E-state index < -0.39 is 11.9 Å². The van der Waals surface area contributed by atoms with E-state index >= 15 is 0 Å². The van der Waals surface area contributed by atoms with Crippen LogP contribution in [0, 0.1) is 5.92 Å². The molecule has 1 aromatic rings. The van der Waals surface area contributed by atoms with Gasteiger partial charge in [-0.15, -0.1) is 11.3 Å². The molecule has 1 saturated carbocycles. The highest BCUT2D eigenvalue weighted by Crippen LogP contribution is 2.42. The summed E-state index contributed by atoms with van der Waals surface area (Å²) >= 11 is 1.13. The molecule has 2 nitrogen and oxygen atoms in total. The molecule has 0 spiro atoms. The van der Waals surface area contributed by atoms with Gasteiger partial charge in [0.05, 0.1) is 9.88 Å². The van der Waals surface area contributed by atoms with Crippen LogP contribution in [-0.4, -0.2) is 4.98 Å². The summed E-state index contributed by atoms with van der Waals surface area (Å²) in [7, 11) is 0. The van der Waals surface area contributed by atoms with Crippen molar-refractivity contribution in [1.82, 2.24) is 4.98 Å². The third-order valence-corrected chi connectivity index (χ3v) is 4.45. The fourth-order valence-electron chi connectivity index (χ4n) is 2.34. The maximum atomic E-state index is 12.7. The molecule has 2 rings (SSSR count). The second kappa shape index (κ2) is 4.57. The Balaban J connectivity index is 2.28. The second-order valence-corrected chi connectivity index (χ2v) is 5.76. The summed E-state index contributed by atoms with van der Waals surface area (Å²) in [5.74, 6) is 0.774. The molecule has 2 atom stereocenters. The highest BCUT2D eigenvalue weighted by molar-refractivity contribution is 7.11. The number of rotatable bonds is 2. The lowest BCUT2D eigenvalue weighted by molar-refractivity contribution is -0.141. The van der Waals surface area contributed by atoms with Gasteiger partial charge in [-0.2, -0.15) is 13.2 Å². The largest absolute Gasteiger partial charge is 0.434 e. The first-order valence-electron chi connectivity index (χ1n) is 5.68. The summed E-state index contributed by atoms with van der Waals surface area (Å²) in [5.41, 5.74) is 4.58. The van der Waals surface area contributed by atoms with Gasteiger partial charge in [0.25, 0.3) is 0 Å². The quantitative estimate of drug-likeness (QED) is 0.887. The number of thiazole rings is 1. The Kier molecular flexibility index (Phi) is 3.45. The first-order valence-corrected chi connectivity index (χ1v) is 6.50. The van der Waals surface area contributed by atoms with E-state index in [9.17, 15) is 13.2 Å². The molecular weight excluding hydrogens is 249 g/mol. The molecule has 2 unspecified atom stereocenters. The predicted molar refractivity (Wildman–Crippen MR) is 60.8 cm³/mol. The normalized spacial score (nSPS) is 25.5. The molecule has 6 heteroatoms. The Bertz CT molecular complexity index is 400. The average molecular weight is 264 g/mol. The van der Waals surface area contributed by atoms with Crippen molar-refractivity contribution in [2.75, 3.05) is 0 Å². The van der Waals surface area contributed by atoms with Gasteiger partial charge in [-0.1, -0.05) is 13.3 Å². The van der Waals surface area contributed by atoms with Crippen LogP contribution in [0.5, 0.6) is 0 Å². The van der Waals surface area contributed by atoms with Gasteiger partial charge in [0, 0.05) is 12.5 Å². The molecule has 96 valence electrons. The van der Waals surface area contributed by atoms with Crippen LogP contribution in [-0.2, 0) is 12.7 Å². The van der Waals surface area contributed by atoms with Crippen molar-refractivity contribution in [2.45, 2.75) is 44.8 Å². The second-order valence-electron chi connectivity index (χ2n) is 4.64. The Morgan fingerprint density at radius 3 is 2.53 bits per heavy atom. The van der Waals surface area contributed by atoms with E-state index in [1.807, 2.05) is 0 Å². The van der Waals surface area contributed by atoms with E-state index in [2.05, 4.69) is 11.9 Å². The number of alkyl halides is 3. The first kappa shape index (κ1) is 12.8. The van der Waals surface area contributed by atoms with Crippen molar-refractivity contribution >= 4 is 11.3 Å². The van der Waals surface area contributed by atoms with Gasteiger partial charge in [0.1, 0.15) is 0 Å². The smallest absolute Gasteiger partial charge is 0.326 e. The van der Waals surface area contributed by atoms with Crippen LogP contribution in [0.1, 0.15) is 47.7 Å². The van der Waals surface area contributed by atoms with Crippen LogP contribution in [0.15, 0.2) is 0 Å². The first-order chi connectivity index (χ1) is 7.91. The van der Waals surface area contributed by atoms with Gasteiger partial charge in [0.2, 0.25) is 0 Å². The molecule has 1 aliphatic carbocycles. The zero-order valence-electron chi connectivity index (χ0n) is 9.55. The highest BCUT2D eigenvalue weighted by atomic mass is 32.1. The number of halogens is 3. The minimum absolute atomic E-state index is 0.0885. The summed E-state index contributed by atoms with van der Waals surface area (Å²) in [6.07, 6.45) is -1.43. The minimum Gasteiger partial charge on any atom is -0.326 e. The highest BCUT2D eigenvalue weighted by Gasteiger charge is 2.38. The van der Waals surface area contributed by atoms with Crippen molar-refractivity contribution in [3.63, 3.8) is 0 Å². The van der Waals surface area contributed by atoms with E-state index in [1.165, 1.54) is 0 Å². The van der Waals surface area contributed by atoms with Gasteiger partial charge in [-0.3, -0.25) is 0 Å². The number of hydrogen-bond donors (Lipinski definition) is 1. The van der Waals surface area contributed by atoms with Crippen molar-refractivity contribution in [1.29, 1.82) is 0 Å². The summed E-state index contributed by atoms with van der Waals surface area (Å²) in [6.45, 7) is 2.04. The zero-order valence-corrected chi connectivity index (χ0v) is 10.4. The Morgan fingerprint density at radius 2 is 2.12 bits per heavy atom. The molecular formula is C11H15F3N2S. The average Bonchev–Trinajstić information content (AvgIpc) is 2.81. The fraction of sp³-hybridized carbons (Fsp3) is 0.727. The summed E-state index contributed by atoms with van der Waals surface area (Å²) < 4.78 is 38.1. The molecule has 0 aromatic carbocycles. The SMILES string of the molecule is CC1CCC(c2nc(C(F)(F)F)c(CN)s2)C1. The number of aromatic nitrogens is 1. The molecule has 1 aliphatic rings. The van der Waals surface area contributed by atoms with Gasteiger partial charge in [0.15, 0.2) is 5.69 Å². The number of nitrogens with two attached hydrogens (primary N) is 1. The molecule has 0 saturated heterocycles. The van der Waals surface area contributed by atoms with Crippen LogP contribution < -0.4 is 5.73 Å². The molecule has 1 fully saturated rings. The molecule has 1 aromatic heterocycles. The Labute approximate surface area is 102 Å². The molecule has 0 amide bonds. The molecule has 2 N–H and O–H groups in total.